The molecule has 0 aliphatic carbocycles. The Morgan fingerprint density at radius 2 is 1.88 bits per heavy atom. The molecule has 4 rings (SSSR count). The van der Waals surface area contributed by atoms with Crippen LogP contribution in [-0.2, 0) is 16.0 Å². The van der Waals surface area contributed by atoms with E-state index in [0.29, 0.717) is 50.0 Å². The van der Waals surface area contributed by atoms with E-state index in [-0.39, 0.29) is 18.1 Å². The van der Waals surface area contributed by atoms with E-state index >= 15 is 0 Å². The summed E-state index contributed by atoms with van der Waals surface area (Å²) in [4.78, 5) is 14.4. The summed E-state index contributed by atoms with van der Waals surface area (Å²) >= 11 is 0. The molecule has 5 nitrogen and oxygen atoms in total. The van der Waals surface area contributed by atoms with Gasteiger partial charge in [-0.2, -0.15) is 0 Å². The SMILES string of the molecule is O=C(Cc1ccc2c(c1)OCCO2)N1CCOC(c2ccccc2F)C1. The number of hydrogen-bond acceptors (Lipinski definition) is 4. The Morgan fingerprint density at radius 3 is 2.73 bits per heavy atom. The van der Waals surface area contributed by atoms with Gasteiger partial charge >= 0.3 is 0 Å². The van der Waals surface area contributed by atoms with Gasteiger partial charge in [-0.15, -0.1) is 0 Å². The fraction of sp³-hybridized carbons (Fsp3) is 0.350. The number of morpholine rings is 1. The highest BCUT2D eigenvalue weighted by atomic mass is 19.1. The predicted molar refractivity (Wildman–Crippen MR) is 92.8 cm³/mol. The van der Waals surface area contributed by atoms with Crippen molar-refractivity contribution in [1.29, 1.82) is 0 Å². The molecule has 1 atom stereocenters. The van der Waals surface area contributed by atoms with E-state index in [0.717, 1.165) is 5.56 Å². The fourth-order valence-corrected chi connectivity index (χ4v) is 3.28. The zero-order valence-corrected chi connectivity index (χ0v) is 14.3. The summed E-state index contributed by atoms with van der Waals surface area (Å²) in [5.74, 6) is 1.07. The number of fused-ring (bicyclic) bond motifs is 1. The Labute approximate surface area is 151 Å². The van der Waals surface area contributed by atoms with Crippen molar-refractivity contribution in [3.8, 4) is 11.5 Å². The predicted octanol–water partition coefficient (Wildman–Crippen LogP) is 2.74. The molecule has 1 amide bonds. The summed E-state index contributed by atoms with van der Waals surface area (Å²) in [6.45, 7) is 2.30. The molecule has 2 aromatic rings. The van der Waals surface area contributed by atoms with E-state index in [9.17, 15) is 9.18 Å². The van der Waals surface area contributed by atoms with Crippen molar-refractivity contribution in [3.63, 3.8) is 0 Å². The maximum absolute atomic E-state index is 14.0. The normalized spacial score (nSPS) is 19.3. The standard InChI is InChI=1S/C20H20FNO4/c21-16-4-2-1-3-15(16)19-13-22(7-8-24-19)20(23)12-14-5-6-17-18(11-14)26-10-9-25-17/h1-6,11,19H,7-10,12-13H2. The Morgan fingerprint density at radius 1 is 1.08 bits per heavy atom. The minimum atomic E-state index is -0.436. The van der Waals surface area contributed by atoms with E-state index in [1.807, 2.05) is 18.2 Å². The zero-order valence-electron chi connectivity index (χ0n) is 14.3. The van der Waals surface area contributed by atoms with Crippen LogP contribution in [0, 0.1) is 5.82 Å². The lowest BCUT2D eigenvalue weighted by atomic mass is 10.1. The first-order valence-electron chi connectivity index (χ1n) is 8.73. The van der Waals surface area contributed by atoms with E-state index in [1.165, 1.54) is 6.07 Å². The molecule has 0 N–H and O–H groups in total. The molecule has 2 aliphatic rings. The van der Waals surface area contributed by atoms with E-state index in [1.54, 1.807) is 23.1 Å². The van der Waals surface area contributed by atoms with Crippen LogP contribution in [0.5, 0.6) is 11.5 Å². The van der Waals surface area contributed by atoms with E-state index < -0.39 is 6.10 Å². The molecule has 26 heavy (non-hydrogen) atoms. The lowest BCUT2D eigenvalue weighted by Crippen LogP contribution is -2.43. The van der Waals surface area contributed by atoms with Gasteiger partial charge in [0.1, 0.15) is 25.1 Å². The highest BCUT2D eigenvalue weighted by Gasteiger charge is 2.27. The highest BCUT2D eigenvalue weighted by molar-refractivity contribution is 5.79. The first kappa shape index (κ1) is 16.8. The lowest BCUT2D eigenvalue weighted by molar-refractivity contribution is -0.138. The average molecular weight is 357 g/mol. The Bertz CT molecular complexity index is 810. The molecule has 2 aliphatic heterocycles. The van der Waals surface area contributed by atoms with E-state index in [2.05, 4.69) is 0 Å². The first-order chi connectivity index (χ1) is 12.7. The fourth-order valence-electron chi connectivity index (χ4n) is 3.28. The van der Waals surface area contributed by atoms with Gasteiger partial charge in [-0.1, -0.05) is 24.3 Å². The molecule has 0 radical (unpaired) electrons. The van der Waals surface area contributed by atoms with Crippen molar-refractivity contribution in [2.45, 2.75) is 12.5 Å². The molecule has 0 aromatic heterocycles. The number of amides is 1. The summed E-state index contributed by atoms with van der Waals surface area (Å²) in [5.41, 5.74) is 1.36. The second kappa shape index (κ2) is 7.33. The van der Waals surface area contributed by atoms with Crippen LogP contribution in [0.1, 0.15) is 17.2 Å². The second-order valence-corrected chi connectivity index (χ2v) is 6.38. The molecule has 0 bridgehead atoms. The van der Waals surface area contributed by atoms with Crippen LogP contribution in [0.15, 0.2) is 42.5 Å². The van der Waals surface area contributed by atoms with Crippen molar-refractivity contribution in [2.24, 2.45) is 0 Å². The number of benzene rings is 2. The quantitative estimate of drug-likeness (QED) is 0.848. The molecule has 2 heterocycles. The number of halogens is 1. The summed E-state index contributed by atoms with van der Waals surface area (Å²) in [6.07, 6.45) is -0.171. The topological polar surface area (TPSA) is 48.0 Å². The largest absolute Gasteiger partial charge is 0.486 e. The molecule has 1 unspecified atom stereocenters. The van der Waals surface area contributed by atoms with Crippen LogP contribution in [0.2, 0.25) is 0 Å². The third-order valence-electron chi connectivity index (χ3n) is 4.63. The molecule has 1 fully saturated rings. The summed E-state index contributed by atoms with van der Waals surface area (Å²) < 4.78 is 30.7. The molecule has 0 spiro atoms. The summed E-state index contributed by atoms with van der Waals surface area (Å²) in [7, 11) is 0. The van der Waals surface area contributed by atoms with Crippen LogP contribution < -0.4 is 9.47 Å². The van der Waals surface area contributed by atoms with Crippen molar-refractivity contribution >= 4 is 5.91 Å². The number of carbonyl (C=O) groups excluding carboxylic acids is 1. The van der Waals surface area contributed by atoms with Crippen LogP contribution >= 0.6 is 0 Å². The van der Waals surface area contributed by atoms with Gasteiger partial charge in [0.2, 0.25) is 5.91 Å². The lowest BCUT2D eigenvalue weighted by Gasteiger charge is -2.33. The van der Waals surface area contributed by atoms with Crippen LogP contribution in [-0.4, -0.2) is 43.7 Å². The van der Waals surface area contributed by atoms with E-state index in [4.69, 9.17) is 14.2 Å². The summed E-state index contributed by atoms with van der Waals surface area (Å²) in [6, 6.07) is 12.1. The van der Waals surface area contributed by atoms with Crippen molar-refractivity contribution in [3.05, 3.63) is 59.4 Å². The summed E-state index contributed by atoms with van der Waals surface area (Å²) in [5, 5.41) is 0. The Kier molecular flexibility index (Phi) is 4.75. The number of hydrogen-bond donors (Lipinski definition) is 0. The second-order valence-electron chi connectivity index (χ2n) is 6.38. The number of nitrogens with zero attached hydrogens (tertiary/aromatic N) is 1. The van der Waals surface area contributed by atoms with Crippen molar-refractivity contribution in [2.75, 3.05) is 32.9 Å². The smallest absolute Gasteiger partial charge is 0.227 e. The third kappa shape index (κ3) is 3.51. The van der Waals surface area contributed by atoms with Gasteiger partial charge in [-0.25, -0.2) is 4.39 Å². The van der Waals surface area contributed by atoms with Gasteiger partial charge in [-0.05, 0) is 23.8 Å². The van der Waals surface area contributed by atoms with Crippen LogP contribution in [0.3, 0.4) is 0 Å². The maximum atomic E-state index is 14.0. The maximum Gasteiger partial charge on any atom is 0.227 e. The van der Waals surface area contributed by atoms with Gasteiger partial charge < -0.3 is 19.1 Å². The van der Waals surface area contributed by atoms with Crippen molar-refractivity contribution < 1.29 is 23.4 Å². The Hall–Kier alpha value is -2.60. The molecule has 6 heteroatoms. The molecular formula is C20H20FNO4. The third-order valence-corrected chi connectivity index (χ3v) is 4.63. The number of ether oxygens (including phenoxy) is 3. The Balaban J connectivity index is 1.44. The number of rotatable bonds is 3. The van der Waals surface area contributed by atoms with Crippen molar-refractivity contribution in [1.82, 2.24) is 4.90 Å². The van der Waals surface area contributed by atoms with Gasteiger partial charge in [0.25, 0.3) is 0 Å². The molecule has 2 aromatic carbocycles. The van der Waals surface area contributed by atoms with Gasteiger partial charge in [-0.3, -0.25) is 4.79 Å². The van der Waals surface area contributed by atoms with Gasteiger partial charge in [0, 0.05) is 12.1 Å². The zero-order chi connectivity index (χ0) is 17.9. The van der Waals surface area contributed by atoms with Gasteiger partial charge in [0.05, 0.1) is 19.6 Å². The first-order valence-corrected chi connectivity index (χ1v) is 8.73. The van der Waals surface area contributed by atoms with Gasteiger partial charge in [0.15, 0.2) is 11.5 Å². The minimum absolute atomic E-state index is 0.00804. The molecule has 0 saturated carbocycles. The molecule has 136 valence electrons. The minimum Gasteiger partial charge on any atom is -0.486 e. The average Bonchev–Trinajstić information content (AvgIpc) is 2.68. The molecule has 1 saturated heterocycles. The van der Waals surface area contributed by atoms with Crippen LogP contribution in [0.25, 0.3) is 0 Å². The number of carbonyl (C=O) groups is 1. The highest BCUT2D eigenvalue weighted by Crippen LogP contribution is 2.31. The molecular weight excluding hydrogens is 337 g/mol. The monoisotopic (exact) mass is 357 g/mol. The van der Waals surface area contributed by atoms with Crippen LogP contribution in [0.4, 0.5) is 4.39 Å².